The third-order valence-electron chi connectivity index (χ3n) is 4.50. The summed E-state index contributed by atoms with van der Waals surface area (Å²) in [5, 5.41) is 6.56. The topological polar surface area (TPSA) is 120 Å². The molecule has 3 rings (SSSR count). The highest BCUT2D eigenvalue weighted by Crippen LogP contribution is 2.28. The highest BCUT2D eigenvalue weighted by molar-refractivity contribution is 6.38. The summed E-state index contributed by atoms with van der Waals surface area (Å²) in [6, 6.07) is 10.7. The number of benzene rings is 1. The fourth-order valence-corrected chi connectivity index (χ4v) is 2.98. The summed E-state index contributed by atoms with van der Waals surface area (Å²) in [6.45, 7) is 1.58. The van der Waals surface area contributed by atoms with Crippen LogP contribution in [0.2, 0.25) is 0 Å². The van der Waals surface area contributed by atoms with E-state index < -0.39 is 35.4 Å². The van der Waals surface area contributed by atoms with Crippen LogP contribution < -0.4 is 11.1 Å². The number of amides is 2. The number of nitrogens with zero attached hydrogens (tertiary/aromatic N) is 3. The Hall–Kier alpha value is -4.02. The highest BCUT2D eigenvalue weighted by Gasteiger charge is 2.31. The lowest BCUT2D eigenvalue weighted by Crippen LogP contribution is -2.47. The van der Waals surface area contributed by atoms with E-state index in [0.717, 1.165) is 16.8 Å². The SMILES string of the molecule is Cc1cc(C(=O)NC(Cc2ccccc2)C(=O)C(N)=O)n(-c2ccc(C(F)(F)F)cn2)n1. The average molecular weight is 445 g/mol. The Labute approximate surface area is 180 Å². The van der Waals surface area contributed by atoms with Crippen molar-refractivity contribution >= 4 is 17.6 Å². The minimum absolute atomic E-state index is 0.0139. The molecular formula is C21H18F3N5O3. The summed E-state index contributed by atoms with van der Waals surface area (Å²) in [5.41, 5.74) is 5.16. The van der Waals surface area contributed by atoms with Crippen molar-refractivity contribution in [2.75, 3.05) is 0 Å². The number of alkyl halides is 3. The zero-order valence-corrected chi connectivity index (χ0v) is 16.8. The lowest BCUT2D eigenvalue weighted by molar-refractivity contribution is -0.137. The van der Waals surface area contributed by atoms with Gasteiger partial charge in [-0.15, -0.1) is 0 Å². The van der Waals surface area contributed by atoms with Crippen molar-refractivity contribution in [3.05, 3.63) is 77.2 Å². The Bertz CT molecular complexity index is 1140. The fourth-order valence-electron chi connectivity index (χ4n) is 2.98. The first-order chi connectivity index (χ1) is 15.1. The van der Waals surface area contributed by atoms with E-state index >= 15 is 0 Å². The zero-order chi connectivity index (χ0) is 23.5. The number of aryl methyl sites for hydroxylation is 1. The van der Waals surface area contributed by atoms with Gasteiger partial charge in [0, 0.05) is 12.6 Å². The van der Waals surface area contributed by atoms with Crippen molar-refractivity contribution in [1.82, 2.24) is 20.1 Å². The molecular weight excluding hydrogens is 427 g/mol. The number of hydrogen-bond donors (Lipinski definition) is 2. The van der Waals surface area contributed by atoms with Gasteiger partial charge in [0.25, 0.3) is 11.8 Å². The van der Waals surface area contributed by atoms with E-state index in [4.69, 9.17) is 5.73 Å². The van der Waals surface area contributed by atoms with Crippen molar-refractivity contribution < 1.29 is 27.6 Å². The van der Waals surface area contributed by atoms with Gasteiger partial charge in [0.2, 0.25) is 5.78 Å². The van der Waals surface area contributed by atoms with Gasteiger partial charge in [-0.3, -0.25) is 14.4 Å². The lowest BCUT2D eigenvalue weighted by Gasteiger charge is -2.17. The molecule has 1 atom stereocenters. The van der Waals surface area contributed by atoms with Crippen molar-refractivity contribution in [3.8, 4) is 5.82 Å². The van der Waals surface area contributed by atoms with E-state index in [1.165, 1.54) is 6.07 Å². The molecule has 0 aliphatic carbocycles. The molecule has 0 aliphatic heterocycles. The predicted octanol–water partition coefficient (Wildman–Crippen LogP) is 1.99. The van der Waals surface area contributed by atoms with Gasteiger partial charge in [0.1, 0.15) is 11.7 Å². The molecule has 166 valence electrons. The molecule has 3 aromatic rings. The van der Waals surface area contributed by atoms with Crippen molar-refractivity contribution in [2.24, 2.45) is 5.73 Å². The largest absolute Gasteiger partial charge is 0.417 e. The smallest absolute Gasteiger partial charge is 0.363 e. The maximum absolute atomic E-state index is 12.9. The number of Topliss-reactive ketones (excluding diaryl/α,β-unsaturated/α-hetero) is 1. The first kappa shape index (κ1) is 22.7. The van der Waals surface area contributed by atoms with Gasteiger partial charge in [-0.2, -0.15) is 18.3 Å². The molecule has 0 bridgehead atoms. The third-order valence-corrected chi connectivity index (χ3v) is 4.50. The summed E-state index contributed by atoms with van der Waals surface area (Å²) < 4.78 is 39.5. The molecule has 1 aromatic carbocycles. The van der Waals surface area contributed by atoms with Crippen molar-refractivity contribution in [1.29, 1.82) is 0 Å². The third kappa shape index (κ3) is 5.17. The number of rotatable bonds is 7. The zero-order valence-electron chi connectivity index (χ0n) is 16.8. The van der Waals surface area contributed by atoms with E-state index in [-0.39, 0.29) is 17.9 Å². The molecule has 0 saturated carbocycles. The van der Waals surface area contributed by atoms with Gasteiger partial charge in [-0.05, 0) is 30.7 Å². The lowest BCUT2D eigenvalue weighted by atomic mass is 10.0. The number of halogens is 3. The maximum atomic E-state index is 12.9. The molecule has 0 fully saturated rings. The van der Waals surface area contributed by atoms with E-state index in [2.05, 4.69) is 15.4 Å². The van der Waals surface area contributed by atoms with Crippen LogP contribution in [-0.4, -0.2) is 38.4 Å². The standard InChI is InChI=1S/C21H18F3N5O3/c1-12-9-16(29(28-12)17-8-7-14(11-26-17)21(22,23)24)20(32)27-15(18(30)19(25)31)10-13-5-3-2-4-6-13/h2-9,11,15H,10H2,1H3,(H2,25,31)(H,27,32). The molecule has 0 spiro atoms. The summed E-state index contributed by atoms with van der Waals surface area (Å²) in [5.74, 6) is -3.00. The molecule has 2 amide bonds. The van der Waals surface area contributed by atoms with Crippen LogP contribution in [0, 0.1) is 6.92 Å². The molecule has 11 heteroatoms. The second-order valence-corrected chi connectivity index (χ2v) is 6.93. The number of nitrogens with one attached hydrogen (secondary N) is 1. The van der Waals surface area contributed by atoms with Crippen molar-refractivity contribution in [3.63, 3.8) is 0 Å². The Morgan fingerprint density at radius 2 is 1.81 bits per heavy atom. The number of aromatic nitrogens is 3. The molecule has 0 aliphatic rings. The molecule has 8 nitrogen and oxygen atoms in total. The van der Waals surface area contributed by atoms with Gasteiger partial charge >= 0.3 is 6.18 Å². The Balaban J connectivity index is 1.89. The number of carbonyl (C=O) groups excluding carboxylic acids is 3. The van der Waals surface area contributed by atoms with Crippen LogP contribution in [0.15, 0.2) is 54.7 Å². The van der Waals surface area contributed by atoms with Crippen LogP contribution in [0.25, 0.3) is 5.82 Å². The normalized spacial score (nSPS) is 12.2. The second-order valence-electron chi connectivity index (χ2n) is 6.93. The fraction of sp³-hybridized carbons (Fsp3) is 0.190. The van der Waals surface area contributed by atoms with Crippen LogP contribution in [-0.2, 0) is 22.2 Å². The number of pyridine rings is 1. The summed E-state index contributed by atoms with van der Waals surface area (Å²) in [7, 11) is 0. The molecule has 0 saturated heterocycles. The van der Waals surface area contributed by atoms with Gasteiger partial charge in [0.05, 0.1) is 11.3 Å². The van der Waals surface area contributed by atoms with E-state index in [1.54, 1.807) is 37.3 Å². The first-order valence-electron chi connectivity index (χ1n) is 9.35. The van der Waals surface area contributed by atoms with E-state index in [9.17, 15) is 27.6 Å². The maximum Gasteiger partial charge on any atom is 0.417 e. The van der Waals surface area contributed by atoms with Crippen LogP contribution >= 0.6 is 0 Å². The molecule has 2 heterocycles. The first-order valence-corrected chi connectivity index (χ1v) is 9.35. The minimum atomic E-state index is -4.56. The molecule has 3 N–H and O–H groups in total. The van der Waals surface area contributed by atoms with Crippen molar-refractivity contribution in [2.45, 2.75) is 25.6 Å². The van der Waals surface area contributed by atoms with E-state index in [1.807, 2.05) is 0 Å². The summed E-state index contributed by atoms with van der Waals surface area (Å²) in [6.07, 6.45) is -3.92. The Morgan fingerprint density at radius 1 is 1.12 bits per heavy atom. The second kappa shape index (κ2) is 9.00. The van der Waals surface area contributed by atoms with Crippen LogP contribution in [0.1, 0.15) is 27.3 Å². The average Bonchev–Trinajstić information content (AvgIpc) is 3.14. The Morgan fingerprint density at radius 3 is 2.38 bits per heavy atom. The van der Waals surface area contributed by atoms with Crippen LogP contribution in [0.4, 0.5) is 13.2 Å². The quantitative estimate of drug-likeness (QED) is 0.539. The predicted molar refractivity (Wildman–Crippen MR) is 107 cm³/mol. The minimum Gasteiger partial charge on any atom is -0.363 e. The monoisotopic (exact) mass is 445 g/mol. The summed E-state index contributed by atoms with van der Waals surface area (Å²) >= 11 is 0. The van der Waals surface area contributed by atoms with Gasteiger partial charge in [-0.1, -0.05) is 30.3 Å². The van der Waals surface area contributed by atoms with Gasteiger partial charge < -0.3 is 11.1 Å². The highest BCUT2D eigenvalue weighted by atomic mass is 19.4. The van der Waals surface area contributed by atoms with Gasteiger partial charge in [0.15, 0.2) is 5.82 Å². The number of primary amides is 1. The van der Waals surface area contributed by atoms with Crippen LogP contribution in [0.5, 0.6) is 0 Å². The van der Waals surface area contributed by atoms with Gasteiger partial charge in [-0.25, -0.2) is 9.67 Å². The van der Waals surface area contributed by atoms with E-state index in [0.29, 0.717) is 17.5 Å². The molecule has 2 aromatic heterocycles. The number of hydrogen-bond acceptors (Lipinski definition) is 5. The molecule has 32 heavy (non-hydrogen) atoms. The van der Waals surface area contributed by atoms with Crippen LogP contribution in [0.3, 0.4) is 0 Å². The number of carbonyl (C=O) groups is 3. The Kier molecular flexibility index (Phi) is 6.37. The number of nitrogens with two attached hydrogens (primary N) is 1. The summed E-state index contributed by atoms with van der Waals surface area (Å²) in [4.78, 5) is 40.4. The molecule has 1 unspecified atom stereocenters. The molecule has 0 radical (unpaired) electrons. The number of ketones is 1.